The molecule has 0 amide bonds. The van der Waals surface area contributed by atoms with Crippen molar-refractivity contribution in [1.82, 2.24) is 14.5 Å². The minimum Gasteiger partial charge on any atom is -0.336 e. The molecule has 5 aromatic rings. The summed E-state index contributed by atoms with van der Waals surface area (Å²) in [6.45, 7) is 0.702. The van der Waals surface area contributed by atoms with Crippen LogP contribution in [0.4, 0.5) is 0 Å². The molecule has 3 aromatic heterocycles. The lowest BCUT2D eigenvalue weighted by Gasteiger charge is -2.13. The smallest absolute Gasteiger partial charge is 0.129 e. The van der Waals surface area contributed by atoms with Crippen molar-refractivity contribution < 1.29 is 0 Å². The number of para-hydroxylation sites is 1. The van der Waals surface area contributed by atoms with Gasteiger partial charge in [0.2, 0.25) is 0 Å². The quantitative estimate of drug-likeness (QED) is 0.272. The van der Waals surface area contributed by atoms with Crippen LogP contribution in [0.25, 0.3) is 22.2 Å². The van der Waals surface area contributed by atoms with Crippen molar-refractivity contribution >= 4 is 34.1 Å². The van der Waals surface area contributed by atoms with Crippen molar-refractivity contribution in [2.45, 2.75) is 13.0 Å². The summed E-state index contributed by atoms with van der Waals surface area (Å²) >= 11 is 12.0. The fraction of sp³-hybridized carbons (Fsp3) is 0.0769. The van der Waals surface area contributed by atoms with Gasteiger partial charge in [-0.25, -0.2) is 9.97 Å². The average molecular weight is 444 g/mol. The molecule has 0 aliphatic carbocycles. The first-order valence-corrected chi connectivity index (χ1v) is 10.8. The summed E-state index contributed by atoms with van der Waals surface area (Å²) in [5.41, 5.74) is 7.06. The number of rotatable bonds is 5. The summed E-state index contributed by atoms with van der Waals surface area (Å²) in [5, 5.41) is 2.24. The van der Waals surface area contributed by atoms with Gasteiger partial charge in [-0.2, -0.15) is 0 Å². The molecule has 5 rings (SSSR count). The highest BCUT2D eigenvalue weighted by Gasteiger charge is 2.19. The van der Waals surface area contributed by atoms with E-state index in [0.717, 1.165) is 17.5 Å². The molecule has 0 aliphatic rings. The lowest BCUT2D eigenvalue weighted by molar-refractivity contribution is 0.835. The number of halogens is 2. The van der Waals surface area contributed by atoms with Gasteiger partial charge in [-0.15, -0.1) is 0 Å². The molecule has 0 saturated carbocycles. The van der Waals surface area contributed by atoms with Crippen molar-refractivity contribution in [2.75, 3.05) is 0 Å². The molecule has 3 heterocycles. The standard InChI is InChI=1S/C26H19Cl2N3/c27-24-12-10-18(15-29-24)14-22-21-8-4-5-9-23(21)31(17-19-11-13-25(28)30-16-19)26(22)20-6-2-1-3-7-20/h1-13,15-16H,14,17H2. The van der Waals surface area contributed by atoms with E-state index in [0.29, 0.717) is 16.9 Å². The van der Waals surface area contributed by atoms with Gasteiger partial charge in [0.05, 0.1) is 5.69 Å². The van der Waals surface area contributed by atoms with Crippen molar-refractivity contribution in [2.24, 2.45) is 0 Å². The largest absolute Gasteiger partial charge is 0.336 e. The summed E-state index contributed by atoms with van der Waals surface area (Å²) in [5.74, 6) is 0. The monoisotopic (exact) mass is 443 g/mol. The molecule has 0 saturated heterocycles. The van der Waals surface area contributed by atoms with Gasteiger partial charge >= 0.3 is 0 Å². The van der Waals surface area contributed by atoms with E-state index in [1.54, 1.807) is 0 Å². The second-order valence-electron chi connectivity index (χ2n) is 7.45. The van der Waals surface area contributed by atoms with Crippen LogP contribution in [0, 0.1) is 0 Å². The number of pyridine rings is 2. The van der Waals surface area contributed by atoms with Crippen LogP contribution in [0.1, 0.15) is 16.7 Å². The first-order valence-electron chi connectivity index (χ1n) is 10.1. The third-order valence-electron chi connectivity index (χ3n) is 5.42. The zero-order chi connectivity index (χ0) is 21.2. The van der Waals surface area contributed by atoms with E-state index in [-0.39, 0.29) is 0 Å². The van der Waals surface area contributed by atoms with Crippen molar-refractivity contribution in [3.05, 3.63) is 118 Å². The topological polar surface area (TPSA) is 30.7 Å². The zero-order valence-electron chi connectivity index (χ0n) is 16.7. The van der Waals surface area contributed by atoms with Crippen molar-refractivity contribution in [3.8, 4) is 11.3 Å². The Morgan fingerprint density at radius 2 is 1.32 bits per heavy atom. The number of aromatic nitrogens is 3. The highest BCUT2D eigenvalue weighted by molar-refractivity contribution is 6.29. The summed E-state index contributed by atoms with van der Waals surface area (Å²) < 4.78 is 2.37. The normalized spacial score (nSPS) is 11.2. The third kappa shape index (κ3) is 4.07. The van der Waals surface area contributed by atoms with Gasteiger partial charge in [0, 0.05) is 36.3 Å². The van der Waals surface area contributed by atoms with Crippen LogP contribution in [0.2, 0.25) is 10.3 Å². The van der Waals surface area contributed by atoms with E-state index in [9.17, 15) is 0 Å². The molecule has 3 nitrogen and oxygen atoms in total. The summed E-state index contributed by atoms with van der Waals surface area (Å²) in [7, 11) is 0. The lowest BCUT2D eigenvalue weighted by Crippen LogP contribution is -2.03. The van der Waals surface area contributed by atoms with Gasteiger partial charge in [0.15, 0.2) is 0 Å². The second-order valence-corrected chi connectivity index (χ2v) is 8.23. The molecule has 0 fully saturated rings. The van der Waals surface area contributed by atoms with Gasteiger partial charge in [-0.05, 0) is 40.5 Å². The third-order valence-corrected chi connectivity index (χ3v) is 5.87. The highest BCUT2D eigenvalue weighted by atomic mass is 35.5. The maximum absolute atomic E-state index is 6.01. The molecule has 152 valence electrons. The fourth-order valence-corrected chi connectivity index (χ4v) is 4.27. The van der Waals surface area contributed by atoms with Crippen LogP contribution in [0.15, 0.2) is 91.3 Å². The summed E-state index contributed by atoms with van der Waals surface area (Å²) in [4.78, 5) is 8.55. The van der Waals surface area contributed by atoms with Crippen molar-refractivity contribution in [1.29, 1.82) is 0 Å². The molecule has 0 radical (unpaired) electrons. The second kappa shape index (κ2) is 8.54. The van der Waals surface area contributed by atoms with E-state index in [1.165, 1.54) is 27.7 Å². The average Bonchev–Trinajstić information content (AvgIpc) is 3.10. The van der Waals surface area contributed by atoms with Gasteiger partial charge in [0.1, 0.15) is 10.3 Å². The van der Waals surface area contributed by atoms with Crippen LogP contribution in [0.3, 0.4) is 0 Å². The van der Waals surface area contributed by atoms with E-state index < -0.39 is 0 Å². The minimum absolute atomic E-state index is 0.500. The molecule has 2 aromatic carbocycles. The Morgan fingerprint density at radius 3 is 2.00 bits per heavy atom. The highest BCUT2D eigenvalue weighted by Crippen LogP contribution is 2.36. The number of hydrogen-bond donors (Lipinski definition) is 0. The zero-order valence-corrected chi connectivity index (χ0v) is 18.2. The Morgan fingerprint density at radius 1 is 0.677 bits per heavy atom. The molecular formula is C26H19Cl2N3. The lowest BCUT2D eigenvalue weighted by atomic mass is 9.99. The number of benzene rings is 2. The summed E-state index contributed by atoms with van der Waals surface area (Å²) in [6.07, 6.45) is 4.46. The SMILES string of the molecule is Clc1ccc(Cc2c(-c3ccccc3)n(Cc3ccc(Cl)nc3)c3ccccc23)cn1. The Hall–Kier alpha value is -3.14. The number of nitrogens with zero attached hydrogens (tertiary/aromatic N) is 3. The van der Waals surface area contributed by atoms with Crippen LogP contribution in [0.5, 0.6) is 0 Å². The Balaban J connectivity index is 1.72. The molecule has 0 aliphatic heterocycles. The van der Waals surface area contributed by atoms with Crippen LogP contribution in [-0.4, -0.2) is 14.5 Å². The number of fused-ring (bicyclic) bond motifs is 1. The fourth-order valence-electron chi connectivity index (χ4n) is 4.04. The first-order chi connectivity index (χ1) is 15.2. The molecule has 31 heavy (non-hydrogen) atoms. The molecule has 0 spiro atoms. The van der Waals surface area contributed by atoms with Gasteiger partial charge in [-0.1, -0.05) is 83.9 Å². The Labute approximate surface area is 190 Å². The maximum Gasteiger partial charge on any atom is 0.129 e. The number of hydrogen-bond acceptors (Lipinski definition) is 2. The van der Waals surface area contributed by atoms with Gasteiger partial charge in [0.25, 0.3) is 0 Å². The van der Waals surface area contributed by atoms with Gasteiger partial charge < -0.3 is 4.57 Å². The van der Waals surface area contributed by atoms with Crippen LogP contribution < -0.4 is 0 Å². The molecule has 0 N–H and O–H groups in total. The van der Waals surface area contributed by atoms with E-state index in [4.69, 9.17) is 23.2 Å². The predicted octanol–water partition coefficient (Wildman–Crippen LogP) is 7.04. The minimum atomic E-state index is 0.500. The van der Waals surface area contributed by atoms with E-state index >= 15 is 0 Å². The molecule has 5 heteroatoms. The van der Waals surface area contributed by atoms with Crippen LogP contribution >= 0.6 is 23.2 Å². The Bertz CT molecular complexity index is 1240. The predicted molar refractivity (Wildman–Crippen MR) is 128 cm³/mol. The summed E-state index contributed by atoms with van der Waals surface area (Å²) in [6, 6.07) is 26.8. The Kier molecular flexibility index (Phi) is 5.46. The molecule has 0 atom stereocenters. The molecule has 0 bridgehead atoms. The molecule has 0 unspecified atom stereocenters. The maximum atomic E-state index is 6.01. The van der Waals surface area contributed by atoms with E-state index in [2.05, 4.69) is 63.1 Å². The van der Waals surface area contributed by atoms with E-state index in [1.807, 2.05) is 42.7 Å². The van der Waals surface area contributed by atoms with Crippen LogP contribution in [-0.2, 0) is 13.0 Å². The van der Waals surface area contributed by atoms with Crippen molar-refractivity contribution in [3.63, 3.8) is 0 Å². The molecular weight excluding hydrogens is 425 g/mol. The van der Waals surface area contributed by atoms with Gasteiger partial charge in [-0.3, -0.25) is 0 Å². The first kappa shape index (κ1) is 19.8.